The van der Waals surface area contributed by atoms with Gasteiger partial charge in [-0.3, -0.25) is 4.79 Å². The highest BCUT2D eigenvalue weighted by Crippen LogP contribution is 2.29. The van der Waals surface area contributed by atoms with Crippen molar-refractivity contribution in [1.29, 1.82) is 0 Å². The van der Waals surface area contributed by atoms with Crippen LogP contribution in [0.15, 0.2) is 0 Å². The highest BCUT2D eigenvalue weighted by atomic mass is 16.2. The summed E-state index contributed by atoms with van der Waals surface area (Å²) in [6, 6.07) is 0.448. The second-order valence-corrected chi connectivity index (χ2v) is 6.18. The minimum absolute atomic E-state index is 0.146. The average Bonchev–Trinajstić information content (AvgIpc) is 2.40. The number of unbranched alkanes of at least 4 members (excludes halogenated alkanes) is 2. The van der Waals surface area contributed by atoms with Gasteiger partial charge in [-0.1, -0.05) is 59.3 Å². The van der Waals surface area contributed by atoms with E-state index in [0.29, 0.717) is 11.9 Å². The Morgan fingerprint density at radius 2 is 1.83 bits per heavy atom. The Hall–Kier alpha value is -0.530. The number of hydrogen-bond donors (Lipinski definition) is 1. The Morgan fingerprint density at radius 3 is 2.39 bits per heavy atom. The molecule has 18 heavy (non-hydrogen) atoms. The fraction of sp³-hybridized carbons (Fsp3) is 0.938. The smallest absolute Gasteiger partial charge is 0.226 e. The average molecular weight is 253 g/mol. The molecular weight excluding hydrogens is 222 g/mol. The molecule has 1 amide bonds. The fourth-order valence-corrected chi connectivity index (χ4v) is 2.82. The van der Waals surface area contributed by atoms with Crippen molar-refractivity contribution in [1.82, 2.24) is 5.32 Å². The second kappa shape index (κ2) is 7.81. The van der Waals surface area contributed by atoms with E-state index in [2.05, 4.69) is 26.1 Å². The first kappa shape index (κ1) is 15.5. The summed E-state index contributed by atoms with van der Waals surface area (Å²) in [7, 11) is 0. The lowest BCUT2D eigenvalue weighted by molar-refractivity contribution is -0.131. The van der Waals surface area contributed by atoms with Gasteiger partial charge in [-0.05, 0) is 25.7 Å². The second-order valence-electron chi connectivity index (χ2n) is 6.18. The normalized spacial score (nSPS) is 20.4. The predicted octanol–water partition coefficient (Wildman–Crippen LogP) is 4.43. The Balaban J connectivity index is 2.43. The summed E-state index contributed by atoms with van der Waals surface area (Å²) >= 11 is 0. The van der Waals surface area contributed by atoms with Crippen molar-refractivity contribution in [3.63, 3.8) is 0 Å². The largest absolute Gasteiger partial charge is 0.353 e. The van der Waals surface area contributed by atoms with Gasteiger partial charge in [0.2, 0.25) is 5.91 Å². The molecule has 0 aromatic rings. The van der Waals surface area contributed by atoms with Crippen molar-refractivity contribution in [3.05, 3.63) is 0 Å². The van der Waals surface area contributed by atoms with Crippen molar-refractivity contribution in [2.45, 2.75) is 91.0 Å². The topological polar surface area (TPSA) is 29.1 Å². The van der Waals surface area contributed by atoms with E-state index in [1.54, 1.807) is 0 Å². The molecule has 0 spiro atoms. The Morgan fingerprint density at radius 1 is 1.17 bits per heavy atom. The Bertz CT molecular complexity index is 245. The predicted molar refractivity (Wildman–Crippen MR) is 77.6 cm³/mol. The molecule has 0 saturated heterocycles. The van der Waals surface area contributed by atoms with Crippen LogP contribution in [0.2, 0.25) is 0 Å². The molecule has 1 N–H and O–H groups in total. The third-order valence-electron chi connectivity index (χ3n) is 4.60. The quantitative estimate of drug-likeness (QED) is 0.668. The van der Waals surface area contributed by atoms with Crippen LogP contribution in [0.4, 0.5) is 0 Å². The number of nitrogens with one attached hydrogen (secondary N) is 1. The first-order valence-corrected chi connectivity index (χ1v) is 7.93. The van der Waals surface area contributed by atoms with Gasteiger partial charge in [-0.15, -0.1) is 0 Å². The van der Waals surface area contributed by atoms with Gasteiger partial charge in [0.05, 0.1) is 0 Å². The van der Waals surface area contributed by atoms with E-state index < -0.39 is 0 Å². The third-order valence-corrected chi connectivity index (χ3v) is 4.60. The van der Waals surface area contributed by atoms with Crippen LogP contribution < -0.4 is 5.32 Å². The van der Waals surface area contributed by atoms with Crippen LogP contribution in [-0.4, -0.2) is 11.9 Å². The third kappa shape index (κ3) is 4.62. The van der Waals surface area contributed by atoms with E-state index >= 15 is 0 Å². The van der Waals surface area contributed by atoms with Crippen molar-refractivity contribution in [2.24, 2.45) is 5.41 Å². The highest BCUT2D eigenvalue weighted by molar-refractivity contribution is 5.82. The summed E-state index contributed by atoms with van der Waals surface area (Å²) < 4.78 is 0. The van der Waals surface area contributed by atoms with Gasteiger partial charge < -0.3 is 5.32 Å². The number of carbonyl (C=O) groups is 1. The first-order valence-electron chi connectivity index (χ1n) is 7.93. The zero-order valence-corrected chi connectivity index (χ0v) is 12.6. The molecule has 0 aliphatic heterocycles. The lowest BCUT2D eigenvalue weighted by Crippen LogP contribution is -2.44. The number of rotatable bonds is 7. The molecule has 0 radical (unpaired) electrons. The van der Waals surface area contributed by atoms with Gasteiger partial charge in [-0.2, -0.15) is 0 Å². The van der Waals surface area contributed by atoms with Gasteiger partial charge in [-0.25, -0.2) is 0 Å². The lowest BCUT2D eigenvalue weighted by Gasteiger charge is -2.31. The highest BCUT2D eigenvalue weighted by Gasteiger charge is 2.32. The minimum atomic E-state index is -0.146. The molecule has 1 aliphatic carbocycles. The maximum atomic E-state index is 12.4. The van der Waals surface area contributed by atoms with Crippen molar-refractivity contribution in [3.8, 4) is 0 Å². The van der Waals surface area contributed by atoms with Crippen molar-refractivity contribution in [2.75, 3.05) is 0 Å². The van der Waals surface area contributed by atoms with Crippen LogP contribution in [0.1, 0.15) is 85.0 Å². The van der Waals surface area contributed by atoms with E-state index in [-0.39, 0.29) is 5.41 Å². The number of carbonyl (C=O) groups excluding carboxylic acids is 1. The number of amides is 1. The molecule has 2 nitrogen and oxygen atoms in total. The monoisotopic (exact) mass is 253 g/mol. The summed E-state index contributed by atoms with van der Waals surface area (Å²) in [6.07, 6.45) is 11.9. The van der Waals surface area contributed by atoms with E-state index in [1.165, 1.54) is 51.4 Å². The van der Waals surface area contributed by atoms with Crippen LogP contribution in [-0.2, 0) is 4.79 Å². The van der Waals surface area contributed by atoms with Crippen LogP contribution in [0.25, 0.3) is 0 Å². The molecular formula is C16H31NO. The molecule has 1 rings (SSSR count). The zero-order valence-electron chi connectivity index (χ0n) is 12.6. The molecule has 0 aromatic carbocycles. The molecule has 1 aliphatic rings. The Kier molecular flexibility index (Phi) is 6.73. The zero-order chi connectivity index (χ0) is 13.4. The summed E-state index contributed by atoms with van der Waals surface area (Å²) in [5.74, 6) is 0.299. The molecule has 1 saturated carbocycles. The fourth-order valence-electron chi connectivity index (χ4n) is 2.82. The molecule has 1 unspecified atom stereocenters. The molecule has 106 valence electrons. The van der Waals surface area contributed by atoms with Crippen LogP contribution >= 0.6 is 0 Å². The lowest BCUT2D eigenvalue weighted by atomic mass is 9.80. The minimum Gasteiger partial charge on any atom is -0.353 e. The van der Waals surface area contributed by atoms with E-state index in [4.69, 9.17) is 0 Å². The summed E-state index contributed by atoms with van der Waals surface area (Å²) in [6.45, 7) is 6.50. The van der Waals surface area contributed by atoms with E-state index in [1.807, 2.05) is 0 Å². The van der Waals surface area contributed by atoms with Gasteiger partial charge in [0.1, 0.15) is 0 Å². The SMILES string of the molecule is CCCCCC(C)(CC)C(=O)NC1CCCCC1. The summed E-state index contributed by atoms with van der Waals surface area (Å²) in [5, 5.41) is 3.30. The van der Waals surface area contributed by atoms with Gasteiger partial charge >= 0.3 is 0 Å². The van der Waals surface area contributed by atoms with Gasteiger partial charge in [0, 0.05) is 11.5 Å². The summed E-state index contributed by atoms with van der Waals surface area (Å²) in [4.78, 5) is 12.4. The molecule has 0 aromatic heterocycles. The van der Waals surface area contributed by atoms with E-state index in [0.717, 1.165) is 12.8 Å². The van der Waals surface area contributed by atoms with E-state index in [9.17, 15) is 4.79 Å². The van der Waals surface area contributed by atoms with Crippen molar-refractivity contribution >= 4 is 5.91 Å². The maximum absolute atomic E-state index is 12.4. The maximum Gasteiger partial charge on any atom is 0.226 e. The molecule has 0 bridgehead atoms. The first-order chi connectivity index (χ1) is 8.62. The molecule has 1 atom stereocenters. The van der Waals surface area contributed by atoms with Gasteiger partial charge in [0.15, 0.2) is 0 Å². The molecule has 1 fully saturated rings. The standard InChI is InChI=1S/C16H31NO/c1-4-6-10-13-16(3,5-2)15(18)17-14-11-8-7-9-12-14/h14H,4-13H2,1-3H3,(H,17,18). The Labute approximate surface area is 113 Å². The van der Waals surface area contributed by atoms with Crippen LogP contribution in [0.3, 0.4) is 0 Å². The molecule has 0 heterocycles. The summed E-state index contributed by atoms with van der Waals surface area (Å²) in [5.41, 5.74) is -0.146. The van der Waals surface area contributed by atoms with Crippen LogP contribution in [0, 0.1) is 5.41 Å². The van der Waals surface area contributed by atoms with Crippen molar-refractivity contribution < 1.29 is 4.79 Å². The van der Waals surface area contributed by atoms with Gasteiger partial charge in [0.25, 0.3) is 0 Å². The number of hydrogen-bond acceptors (Lipinski definition) is 1. The molecule has 2 heteroatoms. The van der Waals surface area contributed by atoms with Crippen LogP contribution in [0.5, 0.6) is 0 Å².